The second kappa shape index (κ2) is 8.83. The minimum absolute atomic E-state index is 0.126. The van der Waals surface area contributed by atoms with Gasteiger partial charge < -0.3 is 23.8 Å². The highest BCUT2D eigenvalue weighted by atomic mass is 32.2. The van der Waals surface area contributed by atoms with Gasteiger partial charge in [0, 0.05) is 38.3 Å². The standard InChI is InChI=1S/C18H26N2O5S/c1-22-13-10-14(23-2)17(15(11-13)24-3)18-20(16(21)12-26-18)5-4-19-6-8-25-9-7-19/h10-11,18H,4-9,12H2,1-3H3. The molecule has 0 N–H and O–H groups in total. The number of morpholine rings is 1. The zero-order chi connectivity index (χ0) is 18.5. The Labute approximate surface area is 158 Å². The maximum Gasteiger partial charge on any atom is 0.233 e. The number of nitrogens with zero attached hydrogens (tertiary/aromatic N) is 2. The highest BCUT2D eigenvalue weighted by molar-refractivity contribution is 8.00. The molecule has 0 bridgehead atoms. The summed E-state index contributed by atoms with van der Waals surface area (Å²) in [5.74, 6) is 2.62. The first-order valence-electron chi connectivity index (χ1n) is 8.69. The molecule has 0 saturated carbocycles. The van der Waals surface area contributed by atoms with Gasteiger partial charge in [0.1, 0.15) is 22.6 Å². The smallest absolute Gasteiger partial charge is 0.233 e. The second-order valence-corrected chi connectivity index (χ2v) is 7.22. The van der Waals surface area contributed by atoms with Crippen LogP contribution in [0.2, 0.25) is 0 Å². The second-order valence-electron chi connectivity index (χ2n) is 6.15. The van der Waals surface area contributed by atoms with E-state index in [2.05, 4.69) is 4.90 Å². The highest BCUT2D eigenvalue weighted by Crippen LogP contribution is 2.48. The predicted molar refractivity (Wildman–Crippen MR) is 100 cm³/mol. The van der Waals surface area contributed by atoms with E-state index in [9.17, 15) is 4.79 Å². The van der Waals surface area contributed by atoms with Crippen LogP contribution in [0.25, 0.3) is 0 Å². The summed E-state index contributed by atoms with van der Waals surface area (Å²) in [6, 6.07) is 3.67. The number of methoxy groups -OCH3 is 3. The van der Waals surface area contributed by atoms with Crippen LogP contribution in [0.3, 0.4) is 0 Å². The van der Waals surface area contributed by atoms with Gasteiger partial charge >= 0.3 is 0 Å². The lowest BCUT2D eigenvalue weighted by Crippen LogP contribution is -2.42. The van der Waals surface area contributed by atoms with Gasteiger partial charge in [-0.2, -0.15) is 0 Å². The maximum atomic E-state index is 12.5. The average molecular weight is 382 g/mol. The summed E-state index contributed by atoms with van der Waals surface area (Å²) in [7, 11) is 4.85. The zero-order valence-corrected chi connectivity index (χ0v) is 16.3. The van der Waals surface area contributed by atoms with Crippen molar-refractivity contribution in [3.8, 4) is 17.2 Å². The number of benzene rings is 1. The third-order valence-corrected chi connectivity index (χ3v) is 5.95. The monoisotopic (exact) mass is 382 g/mol. The van der Waals surface area contributed by atoms with Crippen LogP contribution in [-0.2, 0) is 9.53 Å². The summed E-state index contributed by atoms with van der Waals surface area (Å²) >= 11 is 1.60. The SMILES string of the molecule is COc1cc(OC)c(C2SCC(=O)N2CCN2CCOCC2)c(OC)c1. The number of carbonyl (C=O) groups excluding carboxylic acids is 1. The van der Waals surface area contributed by atoms with Crippen molar-refractivity contribution in [3.05, 3.63) is 17.7 Å². The number of hydrogen-bond donors (Lipinski definition) is 0. The van der Waals surface area contributed by atoms with Gasteiger partial charge in [-0.3, -0.25) is 9.69 Å². The Bertz CT molecular complexity index is 611. The molecule has 0 spiro atoms. The van der Waals surface area contributed by atoms with Crippen LogP contribution in [0.1, 0.15) is 10.9 Å². The Morgan fingerprint density at radius 3 is 2.31 bits per heavy atom. The van der Waals surface area contributed by atoms with Gasteiger partial charge in [-0.25, -0.2) is 0 Å². The molecule has 8 heteroatoms. The normalized spacial score (nSPS) is 21.1. The van der Waals surface area contributed by atoms with Crippen molar-refractivity contribution in [2.24, 2.45) is 0 Å². The Morgan fingerprint density at radius 2 is 1.73 bits per heavy atom. The van der Waals surface area contributed by atoms with Crippen LogP contribution in [0, 0.1) is 0 Å². The van der Waals surface area contributed by atoms with Crippen molar-refractivity contribution in [1.29, 1.82) is 0 Å². The fourth-order valence-corrected chi connectivity index (χ4v) is 4.55. The van der Waals surface area contributed by atoms with Gasteiger partial charge in [-0.05, 0) is 0 Å². The lowest BCUT2D eigenvalue weighted by Gasteiger charge is -2.31. The van der Waals surface area contributed by atoms with Gasteiger partial charge in [-0.1, -0.05) is 0 Å². The molecule has 1 aromatic rings. The van der Waals surface area contributed by atoms with Crippen LogP contribution < -0.4 is 14.2 Å². The molecule has 1 atom stereocenters. The lowest BCUT2D eigenvalue weighted by atomic mass is 10.1. The number of ether oxygens (including phenoxy) is 4. The topological polar surface area (TPSA) is 60.5 Å². The molecule has 0 aromatic heterocycles. The zero-order valence-electron chi connectivity index (χ0n) is 15.5. The summed E-state index contributed by atoms with van der Waals surface area (Å²) in [6.45, 7) is 4.85. The first-order chi connectivity index (χ1) is 12.7. The number of hydrogen-bond acceptors (Lipinski definition) is 7. The van der Waals surface area contributed by atoms with Crippen molar-refractivity contribution in [1.82, 2.24) is 9.80 Å². The molecule has 3 rings (SSSR count). The van der Waals surface area contributed by atoms with E-state index in [1.54, 1.807) is 33.1 Å². The fraction of sp³-hybridized carbons (Fsp3) is 0.611. The molecule has 2 fully saturated rings. The Morgan fingerprint density at radius 1 is 1.08 bits per heavy atom. The minimum atomic E-state index is -0.126. The van der Waals surface area contributed by atoms with Crippen LogP contribution in [0.4, 0.5) is 0 Å². The molecule has 0 radical (unpaired) electrons. The van der Waals surface area contributed by atoms with E-state index < -0.39 is 0 Å². The lowest BCUT2D eigenvalue weighted by molar-refractivity contribution is -0.128. The fourth-order valence-electron chi connectivity index (χ4n) is 3.28. The van der Waals surface area contributed by atoms with Crippen molar-refractivity contribution in [2.45, 2.75) is 5.37 Å². The Balaban J connectivity index is 1.82. The first kappa shape index (κ1) is 19.1. The Hall–Kier alpha value is -1.64. The highest BCUT2D eigenvalue weighted by Gasteiger charge is 2.37. The van der Waals surface area contributed by atoms with E-state index in [1.165, 1.54) is 0 Å². The number of amides is 1. The predicted octanol–water partition coefficient (Wildman–Crippen LogP) is 1.62. The molecule has 7 nitrogen and oxygen atoms in total. The first-order valence-corrected chi connectivity index (χ1v) is 9.74. The maximum absolute atomic E-state index is 12.5. The summed E-state index contributed by atoms with van der Waals surface area (Å²) in [5.41, 5.74) is 0.883. The average Bonchev–Trinajstić information content (AvgIpc) is 3.05. The van der Waals surface area contributed by atoms with E-state index in [0.717, 1.165) is 38.4 Å². The number of carbonyl (C=O) groups is 1. The molecule has 2 aliphatic rings. The third-order valence-electron chi connectivity index (χ3n) is 4.73. The van der Waals surface area contributed by atoms with Gasteiger partial charge in [0.05, 0.1) is 45.9 Å². The Kier molecular flexibility index (Phi) is 6.50. The molecule has 0 aliphatic carbocycles. The number of rotatable bonds is 7. The van der Waals surface area contributed by atoms with E-state index in [1.807, 2.05) is 17.0 Å². The van der Waals surface area contributed by atoms with E-state index in [0.29, 0.717) is 29.5 Å². The van der Waals surface area contributed by atoms with Crippen LogP contribution in [0.15, 0.2) is 12.1 Å². The van der Waals surface area contributed by atoms with Gasteiger partial charge in [0.25, 0.3) is 0 Å². The van der Waals surface area contributed by atoms with Gasteiger partial charge in [0.2, 0.25) is 5.91 Å². The molecule has 1 amide bonds. The molecular weight excluding hydrogens is 356 g/mol. The summed E-state index contributed by atoms with van der Waals surface area (Å²) < 4.78 is 21.9. The van der Waals surface area contributed by atoms with E-state index in [4.69, 9.17) is 18.9 Å². The van der Waals surface area contributed by atoms with Crippen molar-refractivity contribution in [3.63, 3.8) is 0 Å². The molecule has 2 saturated heterocycles. The molecule has 2 aliphatic heterocycles. The van der Waals surface area contributed by atoms with Crippen molar-refractivity contribution in [2.75, 3.05) is 66.5 Å². The molecule has 2 heterocycles. The van der Waals surface area contributed by atoms with Gasteiger partial charge in [-0.15, -0.1) is 11.8 Å². The largest absolute Gasteiger partial charge is 0.496 e. The molecule has 1 unspecified atom stereocenters. The van der Waals surface area contributed by atoms with E-state index in [-0.39, 0.29) is 11.3 Å². The van der Waals surface area contributed by atoms with Crippen LogP contribution in [-0.4, -0.2) is 82.2 Å². The van der Waals surface area contributed by atoms with Crippen molar-refractivity contribution < 1.29 is 23.7 Å². The van der Waals surface area contributed by atoms with Gasteiger partial charge in [0.15, 0.2) is 0 Å². The molecular formula is C18H26N2O5S. The van der Waals surface area contributed by atoms with Crippen LogP contribution >= 0.6 is 11.8 Å². The van der Waals surface area contributed by atoms with Crippen LogP contribution in [0.5, 0.6) is 17.2 Å². The summed E-state index contributed by atoms with van der Waals surface area (Å²) in [5, 5.41) is -0.126. The molecule has 1 aromatic carbocycles. The third kappa shape index (κ3) is 4.02. The molecule has 144 valence electrons. The van der Waals surface area contributed by atoms with Crippen molar-refractivity contribution >= 4 is 17.7 Å². The van der Waals surface area contributed by atoms with E-state index >= 15 is 0 Å². The molecule has 26 heavy (non-hydrogen) atoms. The minimum Gasteiger partial charge on any atom is -0.496 e. The quantitative estimate of drug-likeness (QED) is 0.710. The summed E-state index contributed by atoms with van der Waals surface area (Å²) in [6.07, 6.45) is 0. The number of thioether (sulfide) groups is 1. The summed E-state index contributed by atoms with van der Waals surface area (Å²) in [4.78, 5) is 16.8.